The van der Waals surface area contributed by atoms with Crippen LogP contribution in [0.1, 0.15) is 19.3 Å². The average molecular weight is 187 g/mol. The van der Waals surface area contributed by atoms with Crippen molar-refractivity contribution in [2.45, 2.75) is 24.8 Å². The Bertz CT molecular complexity index is 188. The summed E-state index contributed by atoms with van der Waals surface area (Å²) in [7, 11) is 1.74. The Morgan fingerprint density at radius 2 is 2.46 bits per heavy atom. The molecule has 0 spiro atoms. The number of methoxy groups -OCH3 is 1. The molecule has 0 amide bonds. The van der Waals surface area contributed by atoms with Crippen LogP contribution in [-0.2, 0) is 4.74 Å². The molecule has 0 saturated carbocycles. The zero-order valence-corrected chi connectivity index (χ0v) is 8.26. The Balaban J connectivity index is 2.05. The van der Waals surface area contributed by atoms with Gasteiger partial charge in [0.1, 0.15) is 0 Å². The topological polar surface area (TPSA) is 12.5 Å². The molecule has 0 aromatic heterocycles. The van der Waals surface area contributed by atoms with Gasteiger partial charge in [-0.2, -0.15) is 0 Å². The molecule has 0 bridgehead atoms. The second kappa shape index (κ2) is 3.54. The lowest BCUT2D eigenvalue weighted by atomic mass is 9.91. The van der Waals surface area contributed by atoms with Gasteiger partial charge in [0.05, 0.1) is 13.3 Å². The molecule has 2 rings (SSSR count). The van der Waals surface area contributed by atoms with E-state index < -0.39 is 0 Å². The minimum atomic E-state index is -0.165. The molecule has 2 heterocycles. The molecule has 2 saturated heterocycles. The first-order chi connectivity index (χ1) is 6.30. The summed E-state index contributed by atoms with van der Waals surface area (Å²) in [6.07, 6.45) is 3.44. The van der Waals surface area contributed by atoms with Crippen LogP contribution in [0.4, 0.5) is 4.39 Å². The first-order valence-corrected chi connectivity index (χ1v) is 5.11. The SMILES string of the molecule is COCC12CCCN1CC(CF)C2. The van der Waals surface area contributed by atoms with E-state index in [1.807, 2.05) is 0 Å². The van der Waals surface area contributed by atoms with E-state index in [0.717, 1.165) is 26.1 Å². The van der Waals surface area contributed by atoms with Crippen molar-refractivity contribution in [2.75, 3.05) is 33.5 Å². The fourth-order valence-corrected chi connectivity index (χ4v) is 3.02. The van der Waals surface area contributed by atoms with Gasteiger partial charge in [0.2, 0.25) is 0 Å². The molecule has 2 unspecified atom stereocenters. The Kier molecular flexibility index (Phi) is 2.56. The smallest absolute Gasteiger partial charge is 0.0935 e. The number of hydrogen-bond donors (Lipinski definition) is 0. The Hall–Kier alpha value is -0.150. The maximum absolute atomic E-state index is 12.5. The van der Waals surface area contributed by atoms with E-state index in [4.69, 9.17) is 4.74 Å². The van der Waals surface area contributed by atoms with E-state index >= 15 is 0 Å². The average Bonchev–Trinajstić information content (AvgIpc) is 2.60. The highest BCUT2D eigenvalue weighted by Crippen LogP contribution is 2.41. The predicted molar refractivity (Wildman–Crippen MR) is 49.5 cm³/mol. The van der Waals surface area contributed by atoms with Gasteiger partial charge < -0.3 is 4.74 Å². The molecule has 2 atom stereocenters. The summed E-state index contributed by atoms with van der Waals surface area (Å²) in [4.78, 5) is 2.43. The molecule has 2 aliphatic rings. The minimum Gasteiger partial charge on any atom is -0.383 e. The molecule has 0 N–H and O–H groups in total. The van der Waals surface area contributed by atoms with Gasteiger partial charge in [0.15, 0.2) is 0 Å². The van der Waals surface area contributed by atoms with Gasteiger partial charge in [0.25, 0.3) is 0 Å². The number of rotatable bonds is 3. The minimum absolute atomic E-state index is 0.165. The van der Waals surface area contributed by atoms with Gasteiger partial charge in [-0.05, 0) is 25.8 Å². The van der Waals surface area contributed by atoms with Crippen LogP contribution in [0.2, 0.25) is 0 Å². The standard InChI is InChI=1S/C10H18FNO/c1-13-8-10-3-2-4-12(10)7-9(5-10)6-11/h9H,2-8H2,1H3. The van der Waals surface area contributed by atoms with Crippen molar-refractivity contribution in [1.82, 2.24) is 4.90 Å². The highest BCUT2D eigenvalue weighted by atomic mass is 19.1. The molecule has 0 aliphatic carbocycles. The number of alkyl halides is 1. The lowest BCUT2D eigenvalue weighted by Gasteiger charge is -2.30. The second-order valence-electron chi connectivity index (χ2n) is 4.43. The van der Waals surface area contributed by atoms with Crippen LogP contribution >= 0.6 is 0 Å². The van der Waals surface area contributed by atoms with Crippen molar-refractivity contribution in [3.05, 3.63) is 0 Å². The Morgan fingerprint density at radius 3 is 3.15 bits per heavy atom. The summed E-state index contributed by atoms with van der Waals surface area (Å²) in [5, 5.41) is 0. The maximum Gasteiger partial charge on any atom is 0.0935 e. The van der Waals surface area contributed by atoms with Crippen molar-refractivity contribution in [2.24, 2.45) is 5.92 Å². The normalized spacial score (nSPS) is 39.7. The second-order valence-corrected chi connectivity index (χ2v) is 4.43. The Morgan fingerprint density at radius 1 is 1.62 bits per heavy atom. The lowest BCUT2D eigenvalue weighted by molar-refractivity contribution is 0.0652. The van der Waals surface area contributed by atoms with Gasteiger partial charge in [0, 0.05) is 25.1 Å². The predicted octanol–water partition coefficient (Wildman–Crippen LogP) is 1.46. The van der Waals surface area contributed by atoms with E-state index in [1.165, 1.54) is 12.8 Å². The first-order valence-electron chi connectivity index (χ1n) is 5.11. The monoisotopic (exact) mass is 187 g/mol. The molecule has 0 aromatic rings. The summed E-state index contributed by atoms with van der Waals surface area (Å²) in [5.41, 5.74) is 0.200. The van der Waals surface area contributed by atoms with E-state index in [2.05, 4.69) is 4.90 Å². The Labute approximate surface area is 79.1 Å². The molecule has 0 radical (unpaired) electrons. The van der Waals surface area contributed by atoms with Crippen LogP contribution in [0.3, 0.4) is 0 Å². The highest BCUT2D eigenvalue weighted by Gasteiger charge is 2.48. The molecule has 0 aromatic carbocycles. The van der Waals surface area contributed by atoms with Crippen LogP contribution in [0, 0.1) is 5.92 Å². The summed E-state index contributed by atoms with van der Waals surface area (Å²) in [6, 6.07) is 0. The van der Waals surface area contributed by atoms with Gasteiger partial charge in [-0.25, -0.2) is 0 Å². The van der Waals surface area contributed by atoms with Crippen LogP contribution in [0.25, 0.3) is 0 Å². The number of ether oxygens (including phenoxy) is 1. The third kappa shape index (κ3) is 1.48. The van der Waals surface area contributed by atoms with Gasteiger partial charge in [-0.3, -0.25) is 9.29 Å². The van der Waals surface area contributed by atoms with Crippen LogP contribution in [0.15, 0.2) is 0 Å². The zero-order valence-electron chi connectivity index (χ0n) is 8.26. The fourth-order valence-electron chi connectivity index (χ4n) is 3.02. The largest absolute Gasteiger partial charge is 0.383 e. The highest BCUT2D eigenvalue weighted by molar-refractivity contribution is 5.02. The number of fused-ring (bicyclic) bond motifs is 1. The van der Waals surface area contributed by atoms with Gasteiger partial charge in [-0.15, -0.1) is 0 Å². The van der Waals surface area contributed by atoms with E-state index in [0.29, 0.717) is 0 Å². The molecular formula is C10H18FNO. The number of halogens is 1. The van der Waals surface area contributed by atoms with Crippen LogP contribution in [-0.4, -0.2) is 43.9 Å². The van der Waals surface area contributed by atoms with E-state index in [1.54, 1.807) is 7.11 Å². The maximum atomic E-state index is 12.5. The van der Waals surface area contributed by atoms with Crippen molar-refractivity contribution in [1.29, 1.82) is 0 Å². The van der Waals surface area contributed by atoms with Crippen LogP contribution in [0.5, 0.6) is 0 Å². The zero-order chi connectivity index (χ0) is 9.31. The van der Waals surface area contributed by atoms with Crippen LogP contribution < -0.4 is 0 Å². The summed E-state index contributed by atoms with van der Waals surface area (Å²) >= 11 is 0. The molecular weight excluding hydrogens is 169 g/mol. The fraction of sp³-hybridized carbons (Fsp3) is 1.00. The van der Waals surface area contributed by atoms with Crippen molar-refractivity contribution in [3.8, 4) is 0 Å². The quantitative estimate of drug-likeness (QED) is 0.663. The van der Waals surface area contributed by atoms with Crippen molar-refractivity contribution < 1.29 is 9.13 Å². The number of hydrogen-bond acceptors (Lipinski definition) is 2. The number of nitrogens with zero attached hydrogens (tertiary/aromatic N) is 1. The summed E-state index contributed by atoms with van der Waals surface area (Å²) < 4.78 is 17.8. The van der Waals surface area contributed by atoms with Gasteiger partial charge >= 0.3 is 0 Å². The van der Waals surface area contributed by atoms with Crippen molar-refractivity contribution >= 4 is 0 Å². The molecule has 2 fully saturated rings. The third-order valence-electron chi connectivity index (χ3n) is 3.52. The first kappa shape index (κ1) is 9.41. The molecule has 3 heteroatoms. The van der Waals surface area contributed by atoms with E-state index in [9.17, 15) is 4.39 Å². The van der Waals surface area contributed by atoms with Gasteiger partial charge in [-0.1, -0.05) is 0 Å². The molecule has 2 nitrogen and oxygen atoms in total. The third-order valence-corrected chi connectivity index (χ3v) is 3.52. The molecule has 76 valence electrons. The molecule has 2 aliphatic heterocycles. The lowest BCUT2D eigenvalue weighted by Crippen LogP contribution is -2.42. The summed E-state index contributed by atoms with van der Waals surface area (Å²) in [6.45, 7) is 2.70. The summed E-state index contributed by atoms with van der Waals surface area (Å²) in [5.74, 6) is 0.260. The molecule has 13 heavy (non-hydrogen) atoms. The van der Waals surface area contributed by atoms with Crippen molar-refractivity contribution in [3.63, 3.8) is 0 Å². The van der Waals surface area contributed by atoms with E-state index in [-0.39, 0.29) is 18.1 Å².